The molecule has 0 bridgehead atoms. The zero-order chi connectivity index (χ0) is 11.0. The van der Waals surface area contributed by atoms with Crippen LogP contribution >= 0.6 is 0 Å². The van der Waals surface area contributed by atoms with Gasteiger partial charge in [0, 0.05) is 19.1 Å². The minimum absolute atomic E-state index is 0.834. The van der Waals surface area contributed by atoms with E-state index in [9.17, 15) is 0 Å². The van der Waals surface area contributed by atoms with Crippen LogP contribution in [0, 0.1) is 17.8 Å². The molecule has 0 aromatic heterocycles. The third-order valence-corrected chi connectivity index (χ3v) is 4.84. The first-order chi connectivity index (χ1) is 7.86. The molecule has 3 aliphatic rings. The second-order valence-corrected chi connectivity index (χ2v) is 6.32. The van der Waals surface area contributed by atoms with Crippen molar-refractivity contribution in [1.82, 2.24) is 4.90 Å². The van der Waals surface area contributed by atoms with Gasteiger partial charge in [0.1, 0.15) is 0 Å². The Morgan fingerprint density at radius 3 is 2.25 bits per heavy atom. The van der Waals surface area contributed by atoms with Crippen LogP contribution in [-0.4, -0.2) is 30.6 Å². The maximum Gasteiger partial charge on any atom is 0.00966 e. The van der Waals surface area contributed by atoms with Crippen molar-refractivity contribution in [3.05, 3.63) is 0 Å². The summed E-state index contributed by atoms with van der Waals surface area (Å²) in [5.74, 6) is 2.81. The molecule has 0 aliphatic heterocycles. The summed E-state index contributed by atoms with van der Waals surface area (Å²) in [4.78, 5) is 2.82. The van der Waals surface area contributed by atoms with Crippen LogP contribution in [-0.2, 0) is 0 Å². The van der Waals surface area contributed by atoms with E-state index >= 15 is 0 Å². The lowest BCUT2D eigenvalue weighted by Crippen LogP contribution is -2.36. The second kappa shape index (κ2) is 4.66. The highest BCUT2D eigenvalue weighted by atomic mass is 15.2. The number of hydrogen-bond acceptors (Lipinski definition) is 2. The minimum Gasteiger partial charge on any atom is -0.330 e. The summed E-state index contributed by atoms with van der Waals surface area (Å²) in [6.45, 7) is 3.69. The molecule has 2 atom stereocenters. The van der Waals surface area contributed by atoms with E-state index in [4.69, 9.17) is 5.73 Å². The Morgan fingerprint density at radius 2 is 1.62 bits per heavy atom. The van der Waals surface area contributed by atoms with Crippen LogP contribution in [0.3, 0.4) is 0 Å². The molecule has 2 unspecified atom stereocenters. The van der Waals surface area contributed by atoms with E-state index in [1.807, 2.05) is 0 Å². The summed E-state index contributed by atoms with van der Waals surface area (Å²) in [5, 5.41) is 0. The lowest BCUT2D eigenvalue weighted by Gasteiger charge is -2.28. The summed E-state index contributed by atoms with van der Waals surface area (Å²) in [7, 11) is 0. The van der Waals surface area contributed by atoms with E-state index in [0.29, 0.717) is 0 Å². The third kappa shape index (κ3) is 2.60. The summed E-state index contributed by atoms with van der Waals surface area (Å²) in [6.07, 6.45) is 10.2. The standard InChI is InChI=1S/C14H26N2/c15-8-12-2-1-3-13(12)10-16(14-6-7-14)9-11-4-5-11/h11-14H,1-10,15H2. The number of nitrogens with zero attached hydrogens (tertiary/aromatic N) is 1. The highest BCUT2D eigenvalue weighted by molar-refractivity contribution is 4.91. The zero-order valence-electron chi connectivity index (χ0n) is 10.4. The van der Waals surface area contributed by atoms with Crippen LogP contribution in [0.5, 0.6) is 0 Å². The third-order valence-electron chi connectivity index (χ3n) is 4.84. The number of rotatable bonds is 6. The predicted octanol–water partition coefficient (Wildman–Crippen LogP) is 2.24. The van der Waals surface area contributed by atoms with Crippen LogP contribution in [0.2, 0.25) is 0 Å². The van der Waals surface area contributed by atoms with Gasteiger partial charge in [-0.2, -0.15) is 0 Å². The van der Waals surface area contributed by atoms with Gasteiger partial charge in [-0.05, 0) is 62.8 Å². The normalized spacial score (nSPS) is 34.9. The summed E-state index contributed by atoms with van der Waals surface area (Å²) in [5.41, 5.74) is 5.89. The zero-order valence-corrected chi connectivity index (χ0v) is 10.4. The number of hydrogen-bond donors (Lipinski definition) is 1. The van der Waals surface area contributed by atoms with Crippen molar-refractivity contribution >= 4 is 0 Å². The maximum absolute atomic E-state index is 5.89. The molecule has 0 heterocycles. The topological polar surface area (TPSA) is 29.3 Å². The van der Waals surface area contributed by atoms with Crippen molar-refractivity contribution in [2.24, 2.45) is 23.5 Å². The second-order valence-electron chi connectivity index (χ2n) is 6.32. The lowest BCUT2D eigenvalue weighted by molar-refractivity contribution is 0.191. The molecular formula is C14H26N2. The van der Waals surface area contributed by atoms with Crippen LogP contribution in [0.1, 0.15) is 44.9 Å². The fourth-order valence-corrected chi connectivity index (χ4v) is 3.41. The molecule has 3 rings (SSSR count). The highest BCUT2D eigenvalue weighted by Crippen LogP contribution is 2.38. The Hall–Kier alpha value is -0.0800. The molecule has 0 saturated heterocycles. The molecule has 3 fully saturated rings. The van der Waals surface area contributed by atoms with Gasteiger partial charge < -0.3 is 5.73 Å². The summed E-state index contributed by atoms with van der Waals surface area (Å²) < 4.78 is 0. The first-order valence-corrected chi connectivity index (χ1v) is 7.31. The Bertz CT molecular complexity index is 233. The maximum atomic E-state index is 5.89. The molecule has 0 amide bonds. The monoisotopic (exact) mass is 222 g/mol. The van der Waals surface area contributed by atoms with Gasteiger partial charge in [0.25, 0.3) is 0 Å². The lowest BCUT2D eigenvalue weighted by atomic mass is 9.95. The Morgan fingerprint density at radius 1 is 0.875 bits per heavy atom. The van der Waals surface area contributed by atoms with Crippen molar-refractivity contribution in [2.45, 2.75) is 51.0 Å². The summed E-state index contributed by atoms with van der Waals surface area (Å²) >= 11 is 0. The van der Waals surface area contributed by atoms with Gasteiger partial charge in [-0.1, -0.05) is 6.42 Å². The molecule has 0 aromatic carbocycles. The van der Waals surface area contributed by atoms with Gasteiger partial charge in [-0.3, -0.25) is 4.90 Å². The van der Waals surface area contributed by atoms with Crippen LogP contribution in [0.15, 0.2) is 0 Å². The molecular weight excluding hydrogens is 196 g/mol. The molecule has 3 saturated carbocycles. The Balaban J connectivity index is 1.52. The molecule has 92 valence electrons. The minimum atomic E-state index is 0.834. The van der Waals surface area contributed by atoms with E-state index < -0.39 is 0 Å². The van der Waals surface area contributed by atoms with Crippen LogP contribution in [0.4, 0.5) is 0 Å². The average Bonchev–Trinajstić information content (AvgIpc) is 3.17. The highest BCUT2D eigenvalue weighted by Gasteiger charge is 2.36. The van der Waals surface area contributed by atoms with Crippen molar-refractivity contribution in [3.8, 4) is 0 Å². The van der Waals surface area contributed by atoms with Crippen molar-refractivity contribution in [2.75, 3.05) is 19.6 Å². The first kappa shape index (κ1) is 11.0. The van der Waals surface area contributed by atoms with Crippen molar-refractivity contribution < 1.29 is 0 Å². The molecule has 2 heteroatoms. The van der Waals surface area contributed by atoms with Gasteiger partial charge >= 0.3 is 0 Å². The Labute approximate surface area is 99.6 Å². The predicted molar refractivity (Wildman–Crippen MR) is 67.2 cm³/mol. The fraction of sp³-hybridized carbons (Fsp3) is 1.00. The van der Waals surface area contributed by atoms with Gasteiger partial charge in [0.15, 0.2) is 0 Å². The molecule has 2 nitrogen and oxygen atoms in total. The first-order valence-electron chi connectivity index (χ1n) is 7.31. The molecule has 3 aliphatic carbocycles. The van der Waals surface area contributed by atoms with E-state index in [1.165, 1.54) is 58.0 Å². The molecule has 0 spiro atoms. The molecule has 2 N–H and O–H groups in total. The van der Waals surface area contributed by atoms with Gasteiger partial charge in [-0.15, -0.1) is 0 Å². The fourth-order valence-electron chi connectivity index (χ4n) is 3.41. The van der Waals surface area contributed by atoms with E-state index in [0.717, 1.165) is 30.3 Å². The smallest absolute Gasteiger partial charge is 0.00966 e. The van der Waals surface area contributed by atoms with Crippen LogP contribution < -0.4 is 5.73 Å². The van der Waals surface area contributed by atoms with E-state index in [2.05, 4.69) is 4.90 Å². The van der Waals surface area contributed by atoms with Crippen LogP contribution in [0.25, 0.3) is 0 Å². The SMILES string of the molecule is NCC1CCCC1CN(CC1CC1)C1CC1. The largest absolute Gasteiger partial charge is 0.330 e. The Kier molecular flexibility index (Phi) is 3.21. The molecule has 16 heavy (non-hydrogen) atoms. The van der Waals surface area contributed by atoms with Crippen molar-refractivity contribution in [3.63, 3.8) is 0 Å². The van der Waals surface area contributed by atoms with Gasteiger partial charge in [-0.25, -0.2) is 0 Å². The molecule has 0 radical (unpaired) electrons. The van der Waals surface area contributed by atoms with E-state index in [-0.39, 0.29) is 0 Å². The van der Waals surface area contributed by atoms with E-state index in [1.54, 1.807) is 0 Å². The average molecular weight is 222 g/mol. The molecule has 0 aromatic rings. The quantitative estimate of drug-likeness (QED) is 0.747. The van der Waals surface area contributed by atoms with Crippen molar-refractivity contribution in [1.29, 1.82) is 0 Å². The van der Waals surface area contributed by atoms with Gasteiger partial charge in [0.2, 0.25) is 0 Å². The van der Waals surface area contributed by atoms with Gasteiger partial charge in [0.05, 0.1) is 0 Å². The number of nitrogens with two attached hydrogens (primary N) is 1. The summed E-state index contributed by atoms with van der Waals surface area (Å²) in [6, 6.07) is 0.958.